The molecule has 1 unspecified atom stereocenters. The lowest BCUT2D eigenvalue weighted by Crippen LogP contribution is -2.65. The molecule has 0 aromatic heterocycles. The molecular formula is C35H50N5O15S6-3. The normalized spacial score (nSPS) is 22.2. The highest BCUT2D eigenvalue weighted by Gasteiger charge is 2.54. The van der Waals surface area contributed by atoms with Gasteiger partial charge in [0.2, 0.25) is 17.7 Å². The van der Waals surface area contributed by atoms with Gasteiger partial charge in [-0.2, -0.15) is 47.9 Å². The summed E-state index contributed by atoms with van der Waals surface area (Å²) in [5.74, 6) is -5.18. The summed E-state index contributed by atoms with van der Waals surface area (Å²) in [4.78, 5) is 101. The molecule has 4 aliphatic rings. The molecule has 344 valence electrons. The van der Waals surface area contributed by atoms with Crippen molar-refractivity contribution in [1.29, 1.82) is 0 Å². The zero-order valence-corrected chi connectivity index (χ0v) is 39.0. The molecule has 0 bridgehead atoms. The third kappa shape index (κ3) is 16.9. The second kappa shape index (κ2) is 28.2. The maximum absolute atomic E-state index is 12.0. The summed E-state index contributed by atoms with van der Waals surface area (Å²) in [7, 11) is 0. The van der Waals surface area contributed by atoms with Gasteiger partial charge in [-0.15, -0.1) is 23.5 Å². The van der Waals surface area contributed by atoms with Gasteiger partial charge in [0.05, 0.1) is 41.8 Å². The van der Waals surface area contributed by atoms with E-state index in [1.54, 1.807) is 6.26 Å². The molecular weight excluding hydrogens is 923 g/mol. The molecule has 26 heteroatoms. The fourth-order valence-corrected chi connectivity index (χ4v) is 11.3. The predicted molar refractivity (Wildman–Crippen MR) is 233 cm³/mol. The highest BCUT2D eigenvalue weighted by molar-refractivity contribution is 8.01. The molecule has 3 heterocycles. The number of hydrogen-bond acceptors (Lipinski definition) is 21. The first-order chi connectivity index (χ1) is 28.2. The van der Waals surface area contributed by atoms with E-state index in [-0.39, 0.29) is 62.4 Å². The van der Waals surface area contributed by atoms with Crippen molar-refractivity contribution in [3.8, 4) is 0 Å². The maximum Gasteiger partial charge on any atom is 0.329 e. The molecule has 0 spiro atoms. The number of nitrogens with one attached hydrogen (secondary N) is 5. The SMILES string of the molecule is CC(=O)N[C@H](C(=O)O)[C@@H]1NC(C(=O)[O-])=C(CO)CS1.CS.CSCC1=C(C(=O)[O-])C2C(=O)[C@@H](NC(C)=O)[C@H]2SC1.CSCC1=C(C(=O)[O-])N[C@@H]([C@H](NC(C)=O)C(C)=O)SC1.O. The number of aliphatic hydroxyl groups is 1. The van der Waals surface area contributed by atoms with Gasteiger partial charge in [0, 0.05) is 54.8 Å². The molecule has 3 aliphatic heterocycles. The standard InChI is InChI=1S/C12H18N2O4S2.C12H15NO4S2.C10H14N2O6S.CH4S.H2O/c1-6(15)9(13-7(2)16)11-14-10(12(17)18)8(4-19-3)5-20-11;1-5(14)13-9-10(15)8-7(12(16)17)6(3-18-2)4-19-11(8)9;1-4(14)11-7(10(17)18)8-12-6(9(15)16)5(2-13)3-19-8;1-2;/h9,11,14H,4-5H2,1-3H3,(H,13,16)(H,17,18);8-9,11H,3-4H2,1-2H3,(H,13,14)(H,16,17);7-8,12-13H,2-3H2,1H3,(H,11,14)(H,15,16)(H,17,18);2H,1H3;1H2/p-3/t9-,11-;8?,9-,11+;7-,8+;;/m110../s1. The van der Waals surface area contributed by atoms with Crippen LogP contribution in [0.1, 0.15) is 27.7 Å². The zero-order chi connectivity index (χ0) is 46.0. The number of thiol groups is 1. The largest absolute Gasteiger partial charge is 0.545 e. The lowest BCUT2D eigenvalue weighted by Gasteiger charge is -2.47. The molecule has 20 nitrogen and oxygen atoms in total. The number of aliphatic hydroxyl groups excluding tert-OH is 1. The number of Topliss-reactive ketones (excluding diaryl/α,β-unsaturated/α-hetero) is 2. The number of hydrogen-bond donors (Lipinski definition) is 8. The Labute approximate surface area is 378 Å². The third-order valence-electron chi connectivity index (χ3n) is 8.41. The summed E-state index contributed by atoms with van der Waals surface area (Å²) < 4.78 is 0. The van der Waals surface area contributed by atoms with Gasteiger partial charge in [-0.25, -0.2) is 4.79 Å². The first-order valence-corrected chi connectivity index (χ1v) is 24.3. The van der Waals surface area contributed by atoms with Crippen molar-refractivity contribution in [3.05, 3.63) is 33.7 Å². The average molecular weight is 973 g/mol. The average Bonchev–Trinajstić information content (AvgIpc) is 3.18. The number of carboxylic acids is 4. The van der Waals surface area contributed by atoms with E-state index in [1.165, 1.54) is 67.8 Å². The molecule has 0 radical (unpaired) electrons. The maximum atomic E-state index is 12.0. The van der Waals surface area contributed by atoms with Crippen LogP contribution in [0.3, 0.4) is 0 Å². The number of carbonyl (C=O) groups is 9. The molecule has 0 aromatic carbocycles. The Bertz CT molecular complexity index is 1760. The summed E-state index contributed by atoms with van der Waals surface area (Å²) in [5.41, 5.74) is 1.57. The zero-order valence-electron chi connectivity index (χ0n) is 34.1. The monoisotopic (exact) mass is 972 g/mol. The molecule has 4 rings (SSSR count). The Morgan fingerprint density at radius 3 is 1.59 bits per heavy atom. The molecule has 0 aromatic rings. The predicted octanol–water partition coefficient (Wildman–Crippen LogP) is -4.72. The number of rotatable bonds is 15. The van der Waals surface area contributed by atoms with Crippen LogP contribution in [-0.2, 0) is 43.2 Å². The van der Waals surface area contributed by atoms with Crippen molar-refractivity contribution >= 4 is 125 Å². The number of fused-ring (bicyclic) bond motifs is 1. The van der Waals surface area contributed by atoms with E-state index < -0.39 is 71.2 Å². The van der Waals surface area contributed by atoms with Crippen molar-refractivity contribution < 1.29 is 74.2 Å². The highest BCUT2D eigenvalue weighted by Crippen LogP contribution is 2.45. The van der Waals surface area contributed by atoms with Gasteiger partial charge >= 0.3 is 5.97 Å². The third-order valence-corrected chi connectivity index (χ3v) is 13.7. The van der Waals surface area contributed by atoms with Crippen molar-refractivity contribution in [3.63, 3.8) is 0 Å². The minimum Gasteiger partial charge on any atom is -0.545 e. The van der Waals surface area contributed by atoms with Gasteiger partial charge in [-0.05, 0) is 48.0 Å². The van der Waals surface area contributed by atoms with Gasteiger partial charge in [-0.3, -0.25) is 24.0 Å². The molecule has 0 saturated heterocycles. The number of thioether (sulfide) groups is 5. The molecule has 1 saturated carbocycles. The van der Waals surface area contributed by atoms with E-state index >= 15 is 0 Å². The lowest BCUT2D eigenvalue weighted by atomic mass is 9.71. The summed E-state index contributed by atoms with van der Waals surface area (Å²) in [5, 5.41) is 62.5. The molecule has 61 heavy (non-hydrogen) atoms. The van der Waals surface area contributed by atoms with Crippen LogP contribution in [0.15, 0.2) is 33.7 Å². The first-order valence-electron chi connectivity index (χ1n) is 17.5. The molecule has 3 amide bonds. The minimum atomic E-state index is -1.53. The Kier molecular flexibility index (Phi) is 26.6. The summed E-state index contributed by atoms with van der Waals surface area (Å²) in [6.45, 7) is 4.73. The van der Waals surface area contributed by atoms with Gasteiger partial charge < -0.3 is 72.0 Å². The van der Waals surface area contributed by atoms with Gasteiger partial charge in [0.25, 0.3) is 0 Å². The van der Waals surface area contributed by atoms with E-state index in [1.807, 2.05) is 12.5 Å². The Morgan fingerprint density at radius 2 is 1.18 bits per heavy atom. The number of ketones is 2. The first kappa shape index (κ1) is 57.5. The summed E-state index contributed by atoms with van der Waals surface area (Å²) in [6.07, 6.45) is 5.46. The van der Waals surface area contributed by atoms with Gasteiger partial charge in [-0.1, -0.05) is 0 Å². The second-order valence-electron chi connectivity index (χ2n) is 12.8. The van der Waals surface area contributed by atoms with Crippen molar-refractivity contribution in [2.75, 3.05) is 54.1 Å². The number of amides is 3. The molecule has 9 N–H and O–H groups in total. The van der Waals surface area contributed by atoms with Crippen molar-refractivity contribution in [2.24, 2.45) is 5.92 Å². The van der Waals surface area contributed by atoms with Crippen LogP contribution in [0.25, 0.3) is 0 Å². The van der Waals surface area contributed by atoms with Gasteiger partial charge in [0.1, 0.15) is 22.8 Å². The van der Waals surface area contributed by atoms with E-state index in [0.29, 0.717) is 23.0 Å². The van der Waals surface area contributed by atoms with E-state index in [9.17, 15) is 58.5 Å². The van der Waals surface area contributed by atoms with Crippen LogP contribution in [0.5, 0.6) is 0 Å². The highest BCUT2D eigenvalue weighted by atomic mass is 32.2. The fourth-order valence-electron chi connectivity index (χ4n) is 5.89. The van der Waals surface area contributed by atoms with E-state index in [0.717, 1.165) is 29.8 Å². The van der Waals surface area contributed by atoms with Crippen LogP contribution in [0.2, 0.25) is 0 Å². The molecule has 7 atom stereocenters. The fraction of sp³-hybridized carbons (Fsp3) is 0.571. The van der Waals surface area contributed by atoms with Crippen LogP contribution < -0.4 is 41.9 Å². The van der Waals surface area contributed by atoms with Crippen LogP contribution in [-0.4, -0.2) is 157 Å². The number of carboxylic acid groups (broad SMARTS) is 4. The quantitative estimate of drug-likeness (QED) is 0.0715. The minimum absolute atomic E-state index is 0. The van der Waals surface area contributed by atoms with Crippen LogP contribution >= 0.6 is 71.4 Å². The Morgan fingerprint density at radius 1 is 0.738 bits per heavy atom. The molecule has 1 aliphatic carbocycles. The van der Waals surface area contributed by atoms with Gasteiger partial charge in [0.15, 0.2) is 17.6 Å². The Balaban J connectivity index is 0.000000860. The van der Waals surface area contributed by atoms with E-state index in [4.69, 9.17) is 10.2 Å². The van der Waals surface area contributed by atoms with E-state index in [2.05, 4.69) is 39.2 Å². The number of aliphatic carboxylic acids is 4. The summed E-state index contributed by atoms with van der Waals surface area (Å²) in [6, 6.07) is -2.60. The topological polar surface area (TPSA) is 355 Å². The smallest absolute Gasteiger partial charge is 0.329 e. The van der Waals surface area contributed by atoms with Crippen molar-refractivity contribution in [2.45, 2.75) is 61.8 Å². The second-order valence-corrected chi connectivity index (χ2v) is 17.9. The lowest BCUT2D eigenvalue weighted by molar-refractivity contribution is -0.301. The van der Waals surface area contributed by atoms with Crippen LogP contribution in [0.4, 0.5) is 0 Å². The van der Waals surface area contributed by atoms with Crippen molar-refractivity contribution in [1.82, 2.24) is 26.6 Å². The Hall–Kier alpha value is -3.53. The summed E-state index contributed by atoms with van der Waals surface area (Å²) >= 11 is 10.6. The molecule has 1 fully saturated rings. The van der Waals surface area contributed by atoms with Crippen LogP contribution in [0, 0.1) is 5.92 Å². The number of carbonyl (C=O) groups excluding carboxylic acids is 8.